The van der Waals surface area contributed by atoms with E-state index in [2.05, 4.69) is 11.5 Å². The first-order chi connectivity index (χ1) is 8.64. The third-order valence-electron chi connectivity index (χ3n) is 4.17. The summed E-state index contributed by atoms with van der Waals surface area (Å²) in [5, 5.41) is 9.41. The summed E-state index contributed by atoms with van der Waals surface area (Å²) in [5.41, 5.74) is -0.487. The molecule has 104 valence electrons. The molecule has 0 aromatic rings. The molecule has 1 rings (SSSR count). The van der Waals surface area contributed by atoms with Crippen LogP contribution in [-0.4, -0.2) is 35.6 Å². The van der Waals surface area contributed by atoms with Crippen molar-refractivity contribution in [3.05, 3.63) is 12.7 Å². The molecular weight excluding hydrogens is 226 g/mol. The highest BCUT2D eigenvalue weighted by molar-refractivity contribution is 5.75. The van der Waals surface area contributed by atoms with Gasteiger partial charge in [0.15, 0.2) is 0 Å². The minimum absolute atomic E-state index is 0.487. The molecule has 3 heteroatoms. The van der Waals surface area contributed by atoms with E-state index in [0.29, 0.717) is 0 Å². The van der Waals surface area contributed by atoms with E-state index in [0.717, 1.165) is 45.3 Å². The van der Waals surface area contributed by atoms with Gasteiger partial charge in [-0.25, -0.2) is 0 Å². The Labute approximate surface area is 111 Å². The Bertz CT molecular complexity index is 278. The second-order valence-corrected chi connectivity index (χ2v) is 5.46. The molecule has 1 heterocycles. The lowest BCUT2D eigenvalue weighted by atomic mass is 9.77. The molecule has 1 N–H and O–H groups in total. The standard InChI is InChI=1S/C15H27NO2/c1-3-5-6-7-8-11-16-12-9-10-15(4-2,13-16)14(17)18/h3H,1,4-13H2,2H3,(H,17,18). The third-order valence-corrected chi connectivity index (χ3v) is 4.17. The second kappa shape index (κ2) is 7.57. The minimum atomic E-state index is -0.610. The average Bonchev–Trinajstić information content (AvgIpc) is 2.38. The van der Waals surface area contributed by atoms with E-state index >= 15 is 0 Å². The Hall–Kier alpha value is -0.830. The number of likely N-dealkylation sites (tertiary alicyclic amines) is 1. The van der Waals surface area contributed by atoms with Gasteiger partial charge in [0.05, 0.1) is 5.41 Å². The zero-order valence-electron chi connectivity index (χ0n) is 11.7. The maximum Gasteiger partial charge on any atom is 0.310 e. The maximum absolute atomic E-state index is 11.4. The molecule has 3 nitrogen and oxygen atoms in total. The molecule has 1 aliphatic heterocycles. The minimum Gasteiger partial charge on any atom is -0.481 e. The van der Waals surface area contributed by atoms with E-state index in [4.69, 9.17) is 0 Å². The molecule has 0 aromatic carbocycles. The van der Waals surface area contributed by atoms with Gasteiger partial charge in [-0.15, -0.1) is 6.58 Å². The van der Waals surface area contributed by atoms with E-state index in [1.165, 1.54) is 19.3 Å². The number of carbonyl (C=O) groups is 1. The van der Waals surface area contributed by atoms with Crippen molar-refractivity contribution in [2.24, 2.45) is 5.41 Å². The average molecular weight is 253 g/mol. The zero-order chi connectivity index (χ0) is 13.4. The largest absolute Gasteiger partial charge is 0.481 e. The first-order valence-corrected chi connectivity index (χ1v) is 7.21. The van der Waals surface area contributed by atoms with Crippen molar-refractivity contribution in [1.82, 2.24) is 4.90 Å². The highest BCUT2D eigenvalue weighted by atomic mass is 16.4. The number of aliphatic carboxylic acids is 1. The smallest absolute Gasteiger partial charge is 0.310 e. The van der Waals surface area contributed by atoms with Crippen LogP contribution in [-0.2, 0) is 4.79 Å². The molecule has 0 amide bonds. The van der Waals surface area contributed by atoms with Crippen molar-refractivity contribution >= 4 is 5.97 Å². The molecule has 0 radical (unpaired) electrons. The Kier molecular flexibility index (Phi) is 6.41. The van der Waals surface area contributed by atoms with E-state index < -0.39 is 11.4 Å². The summed E-state index contributed by atoms with van der Waals surface area (Å²) in [5.74, 6) is -0.610. The van der Waals surface area contributed by atoms with Gasteiger partial charge in [0.25, 0.3) is 0 Å². The lowest BCUT2D eigenvalue weighted by Crippen LogP contribution is -2.47. The molecule has 1 saturated heterocycles. The quantitative estimate of drug-likeness (QED) is 0.533. The summed E-state index contributed by atoms with van der Waals surface area (Å²) in [4.78, 5) is 13.8. The van der Waals surface area contributed by atoms with Crippen molar-refractivity contribution in [2.75, 3.05) is 19.6 Å². The molecule has 0 spiro atoms. The number of hydrogen-bond acceptors (Lipinski definition) is 2. The van der Waals surface area contributed by atoms with E-state index in [9.17, 15) is 9.90 Å². The van der Waals surface area contributed by atoms with Crippen molar-refractivity contribution in [2.45, 2.75) is 51.9 Å². The number of allylic oxidation sites excluding steroid dienone is 1. The first kappa shape index (κ1) is 15.2. The predicted octanol–water partition coefficient (Wildman–Crippen LogP) is 3.31. The fraction of sp³-hybridized carbons (Fsp3) is 0.800. The third kappa shape index (κ3) is 4.13. The van der Waals surface area contributed by atoms with Crippen LogP contribution in [0.3, 0.4) is 0 Å². The number of hydrogen-bond donors (Lipinski definition) is 1. The van der Waals surface area contributed by atoms with Crippen LogP contribution in [0.5, 0.6) is 0 Å². The molecule has 0 aliphatic carbocycles. The highest BCUT2D eigenvalue weighted by Gasteiger charge is 2.40. The van der Waals surface area contributed by atoms with E-state index in [1.807, 2.05) is 13.0 Å². The van der Waals surface area contributed by atoms with Crippen LogP contribution in [0.4, 0.5) is 0 Å². The Morgan fingerprint density at radius 1 is 1.44 bits per heavy atom. The maximum atomic E-state index is 11.4. The first-order valence-electron chi connectivity index (χ1n) is 7.21. The molecule has 0 bridgehead atoms. The summed E-state index contributed by atoms with van der Waals surface area (Å²) in [6.45, 7) is 8.57. The highest BCUT2D eigenvalue weighted by Crippen LogP contribution is 2.33. The molecule has 1 atom stereocenters. The van der Waals surface area contributed by atoms with Crippen molar-refractivity contribution in [3.8, 4) is 0 Å². The Morgan fingerprint density at radius 2 is 2.22 bits per heavy atom. The number of carboxylic acids is 1. The monoisotopic (exact) mass is 253 g/mol. The van der Waals surface area contributed by atoms with Gasteiger partial charge in [0, 0.05) is 6.54 Å². The lowest BCUT2D eigenvalue weighted by Gasteiger charge is -2.39. The molecule has 18 heavy (non-hydrogen) atoms. The van der Waals surface area contributed by atoms with Crippen LogP contribution in [0.15, 0.2) is 12.7 Å². The topological polar surface area (TPSA) is 40.5 Å². The molecular formula is C15H27NO2. The van der Waals surface area contributed by atoms with Crippen molar-refractivity contribution in [3.63, 3.8) is 0 Å². The van der Waals surface area contributed by atoms with E-state index in [1.54, 1.807) is 0 Å². The van der Waals surface area contributed by atoms with Crippen LogP contribution < -0.4 is 0 Å². The van der Waals surface area contributed by atoms with E-state index in [-0.39, 0.29) is 0 Å². The van der Waals surface area contributed by atoms with Gasteiger partial charge >= 0.3 is 5.97 Å². The molecule has 1 unspecified atom stereocenters. The summed E-state index contributed by atoms with van der Waals surface area (Å²) >= 11 is 0. The normalized spacial score (nSPS) is 24.9. The van der Waals surface area contributed by atoms with Crippen molar-refractivity contribution in [1.29, 1.82) is 0 Å². The van der Waals surface area contributed by atoms with Crippen LogP contribution in [0.1, 0.15) is 51.9 Å². The SMILES string of the molecule is C=CCCCCCN1CCCC(CC)(C(=O)O)C1. The van der Waals surface area contributed by atoms with Gasteiger partial charge in [-0.3, -0.25) is 4.79 Å². The summed E-state index contributed by atoms with van der Waals surface area (Å²) in [6.07, 6.45) is 9.26. The van der Waals surface area contributed by atoms with Crippen molar-refractivity contribution < 1.29 is 9.90 Å². The number of carboxylic acid groups (broad SMARTS) is 1. The van der Waals surface area contributed by atoms with Crippen LogP contribution in [0, 0.1) is 5.41 Å². The number of rotatable bonds is 8. The van der Waals surface area contributed by atoms with Gasteiger partial charge in [0.2, 0.25) is 0 Å². The number of nitrogens with zero attached hydrogens (tertiary/aromatic N) is 1. The Morgan fingerprint density at radius 3 is 2.83 bits per heavy atom. The Balaban J connectivity index is 2.34. The lowest BCUT2D eigenvalue weighted by molar-refractivity contribution is -0.152. The molecule has 0 saturated carbocycles. The second-order valence-electron chi connectivity index (χ2n) is 5.46. The van der Waals surface area contributed by atoms with Gasteiger partial charge in [-0.05, 0) is 51.6 Å². The zero-order valence-corrected chi connectivity index (χ0v) is 11.7. The predicted molar refractivity (Wildman–Crippen MR) is 74.7 cm³/mol. The number of unbranched alkanes of at least 4 members (excludes halogenated alkanes) is 3. The fourth-order valence-electron chi connectivity index (χ4n) is 2.83. The van der Waals surface area contributed by atoms with Gasteiger partial charge in [0.1, 0.15) is 0 Å². The van der Waals surface area contributed by atoms with Gasteiger partial charge in [-0.2, -0.15) is 0 Å². The summed E-state index contributed by atoms with van der Waals surface area (Å²) < 4.78 is 0. The van der Waals surface area contributed by atoms with Crippen LogP contribution in [0.2, 0.25) is 0 Å². The number of piperidine rings is 1. The van der Waals surface area contributed by atoms with Crippen LogP contribution in [0.25, 0.3) is 0 Å². The van der Waals surface area contributed by atoms with Crippen LogP contribution >= 0.6 is 0 Å². The summed E-state index contributed by atoms with van der Waals surface area (Å²) in [7, 11) is 0. The summed E-state index contributed by atoms with van der Waals surface area (Å²) in [6, 6.07) is 0. The molecule has 0 aromatic heterocycles. The molecule has 1 fully saturated rings. The molecule has 1 aliphatic rings. The van der Waals surface area contributed by atoms with Gasteiger partial charge < -0.3 is 10.0 Å². The fourth-order valence-corrected chi connectivity index (χ4v) is 2.83. The van der Waals surface area contributed by atoms with Gasteiger partial charge in [-0.1, -0.05) is 19.4 Å².